The molecule has 1 aliphatic heterocycles. The first-order valence-corrected chi connectivity index (χ1v) is 3.01. The van der Waals surface area contributed by atoms with Crippen molar-refractivity contribution in [1.82, 2.24) is 5.32 Å². The van der Waals surface area contributed by atoms with Gasteiger partial charge in [-0.1, -0.05) is 0 Å². The Labute approximate surface area is 63.4 Å². The largest absolute Gasteiger partial charge is 0.384 e. The van der Waals surface area contributed by atoms with E-state index in [0.29, 0.717) is 6.41 Å². The Bertz CT molecular complexity index is 219. The molecule has 1 unspecified atom stereocenters. The summed E-state index contributed by atoms with van der Waals surface area (Å²) in [5, 5.41) is 2.34. The van der Waals surface area contributed by atoms with Crippen molar-refractivity contribution in [2.24, 2.45) is 21.5 Å². The van der Waals surface area contributed by atoms with Gasteiger partial charge in [0.2, 0.25) is 6.41 Å². The third-order valence-corrected chi connectivity index (χ3v) is 1.39. The molecule has 6 nitrogen and oxygen atoms in total. The Morgan fingerprint density at radius 1 is 1.82 bits per heavy atom. The number of rotatable bonds is 2. The van der Waals surface area contributed by atoms with Crippen molar-refractivity contribution >= 4 is 18.6 Å². The van der Waals surface area contributed by atoms with Crippen LogP contribution in [-0.4, -0.2) is 30.8 Å². The van der Waals surface area contributed by atoms with Gasteiger partial charge in [0.25, 0.3) is 0 Å². The second-order valence-electron chi connectivity index (χ2n) is 2.20. The van der Waals surface area contributed by atoms with Crippen molar-refractivity contribution in [1.29, 1.82) is 0 Å². The lowest BCUT2D eigenvalue weighted by Gasteiger charge is -2.27. The standard InChI is InChI=1S/C5H9N5O/c6-4-5(7,10-3-11)1-8-2-9-4/h2-3H,1,7H2,(H,10,11)(H2,6,8,9). The van der Waals surface area contributed by atoms with Gasteiger partial charge >= 0.3 is 0 Å². The fraction of sp³-hybridized carbons (Fsp3) is 0.400. The molecule has 0 aromatic heterocycles. The van der Waals surface area contributed by atoms with Gasteiger partial charge in [-0.3, -0.25) is 9.79 Å². The van der Waals surface area contributed by atoms with Crippen LogP contribution in [0.3, 0.4) is 0 Å². The summed E-state index contributed by atoms with van der Waals surface area (Å²) in [5.74, 6) is 0.166. The zero-order chi connectivity index (χ0) is 8.32. The molecule has 0 fully saturated rings. The second kappa shape index (κ2) is 2.67. The highest BCUT2D eigenvalue weighted by atomic mass is 16.1. The van der Waals surface area contributed by atoms with Gasteiger partial charge in [-0.2, -0.15) is 0 Å². The van der Waals surface area contributed by atoms with Crippen LogP contribution in [0.15, 0.2) is 9.98 Å². The number of nitrogens with zero attached hydrogens (tertiary/aromatic N) is 2. The number of aliphatic imine (C=N–C) groups is 2. The summed E-state index contributed by atoms with van der Waals surface area (Å²) in [5.41, 5.74) is 9.91. The van der Waals surface area contributed by atoms with Crippen molar-refractivity contribution in [2.45, 2.75) is 5.66 Å². The Balaban J connectivity index is 2.78. The molecule has 1 atom stereocenters. The topological polar surface area (TPSA) is 106 Å². The maximum atomic E-state index is 10.1. The lowest BCUT2D eigenvalue weighted by Crippen LogP contribution is -2.65. The molecule has 0 aromatic rings. The van der Waals surface area contributed by atoms with E-state index in [-0.39, 0.29) is 12.4 Å². The Morgan fingerprint density at radius 2 is 2.55 bits per heavy atom. The van der Waals surface area contributed by atoms with Crippen LogP contribution >= 0.6 is 0 Å². The summed E-state index contributed by atoms with van der Waals surface area (Å²) in [6, 6.07) is 0. The molecule has 1 rings (SSSR count). The molecule has 6 heteroatoms. The first kappa shape index (κ1) is 7.67. The summed E-state index contributed by atoms with van der Waals surface area (Å²) in [6.45, 7) is 0.223. The number of amides is 1. The van der Waals surface area contributed by atoms with E-state index in [1.165, 1.54) is 6.34 Å². The van der Waals surface area contributed by atoms with E-state index in [1.54, 1.807) is 0 Å². The highest BCUT2D eigenvalue weighted by Gasteiger charge is 2.30. The van der Waals surface area contributed by atoms with Crippen molar-refractivity contribution in [3.8, 4) is 0 Å². The van der Waals surface area contributed by atoms with Crippen LogP contribution in [0.5, 0.6) is 0 Å². The summed E-state index contributed by atoms with van der Waals surface area (Å²) < 4.78 is 0. The molecule has 0 aromatic carbocycles. The van der Waals surface area contributed by atoms with E-state index in [4.69, 9.17) is 11.5 Å². The van der Waals surface area contributed by atoms with Crippen molar-refractivity contribution < 1.29 is 4.79 Å². The van der Waals surface area contributed by atoms with Gasteiger partial charge < -0.3 is 16.8 Å². The predicted octanol–water partition coefficient (Wildman–Crippen LogP) is -2.21. The Kier molecular flexibility index (Phi) is 1.86. The second-order valence-corrected chi connectivity index (χ2v) is 2.20. The van der Waals surface area contributed by atoms with Gasteiger partial charge in [-0.25, -0.2) is 4.99 Å². The molecular weight excluding hydrogens is 146 g/mol. The Morgan fingerprint density at radius 3 is 3.09 bits per heavy atom. The van der Waals surface area contributed by atoms with E-state index in [1.807, 2.05) is 0 Å². The van der Waals surface area contributed by atoms with Crippen LogP contribution in [-0.2, 0) is 4.79 Å². The summed E-state index contributed by atoms with van der Waals surface area (Å²) >= 11 is 0. The van der Waals surface area contributed by atoms with Gasteiger partial charge in [-0.05, 0) is 0 Å². The lowest BCUT2D eigenvalue weighted by molar-refractivity contribution is -0.110. The fourth-order valence-electron chi connectivity index (χ4n) is 0.709. The average molecular weight is 155 g/mol. The summed E-state index contributed by atoms with van der Waals surface area (Å²) in [7, 11) is 0. The monoisotopic (exact) mass is 155 g/mol. The van der Waals surface area contributed by atoms with Gasteiger partial charge in [0.05, 0.1) is 6.54 Å². The number of amidine groups is 1. The minimum absolute atomic E-state index is 0.166. The number of hydrogen-bond acceptors (Lipinski definition) is 5. The molecule has 5 N–H and O–H groups in total. The number of hydrogen-bond donors (Lipinski definition) is 3. The molecule has 1 aliphatic rings. The fourth-order valence-corrected chi connectivity index (χ4v) is 0.709. The van der Waals surface area contributed by atoms with Gasteiger partial charge in [0, 0.05) is 0 Å². The normalized spacial score (nSPS) is 29.4. The van der Waals surface area contributed by atoms with Gasteiger partial charge in [0.15, 0.2) is 5.66 Å². The smallest absolute Gasteiger partial charge is 0.208 e. The molecule has 1 heterocycles. The van der Waals surface area contributed by atoms with E-state index < -0.39 is 5.66 Å². The predicted molar refractivity (Wildman–Crippen MR) is 41.1 cm³/mol. The minimum Gasteiger partial charge on any atom is -0.384 e. The van der Waals surface area contributed by atoms with Crippen LogP contribution in [0.4, 0.5) is 0 Å². The van der Waals surface area contributed by atoms with Crippen LogP contribution < -0.4 is 16.8 Å². The van der Waals surface area contributed by atoms with Crippen molar-refractivity contribution in [3.63, 3.8) is 0 Å². The lowest BCUT2D eigenvalue weighted by atomic mass is 10.1. The van der Waals surface area contributed by atoms with Gasteiger partial charge in [0.1, 0.15) is 12.2 Å². The quantitative estimate of drug-likeness (QED) is 0.311. The van der Waals surface area contributed by atoms with Crippen molar-refractivity contribution in [3.05, 3.63) is 0 Å². The molecular formula is C5H9N5O. The first-order chi connectivity index (χ1) is 5.19. The molecule has 0 bridgehead atoms. The van der Waals surface area contributed by atoms with Crippen LogP contribution in [0.1, 0.15) is 0 Å². The molecule has 0 spiro atoms. The Hall–Kier alpha value is -1.43. The maximum Gasteiger partial charge on any atom is 0.208 e. The number of nitrogens with two attached hydrogens (primary N) is 2. The van der Waals surface area contributed by atoms with Crippen LogP contribution in [0, 0.1) is 0 Å². The minimum atomic E-state index is -1.10. The van der Waals surface area contributed by atoms with Crippen molar-refractivity contribution in [2.75, 3.05) is 6.54 Å². The highest BCUT2D eigenvalue weighted by Crippen LogP contribution is 1.99. The molecule has 60 valence electrons. The van der Waals surface area contributed by atoms with E-state index >= 15 is 0 Å². The molecule has 0 saturated heterocycles. The molecule has 11 heavy (non-hydrogen) atoms. The zero-order valence-electron chi connectivity index (χ0n) is 5.82. The van der Waals surface area contributed by atoms with E-state index in [9.17, 15) is 4.79 Å². The third kappa shape index (κ3) is 1.35. The number of nitrogens with one attached hydrogen (secondary N) is 1. The van der Waals surface area contributed by atoms with Crippen LogP contribution in [0.2, 0.25) is 0 Å². The zero-order valence-corrected chi connectivity index (χ0v) is 5.82. The summed E-state index contributed by atoms with van der Waals surface area (Å²) in [6.07, 6.45) is 1.79. The van der Waals surface area contributed by atoms with E-state index in [2.05, 4.69) is 15.3 Å². The number of carbonyl (C=O) groups excluding carboxylic acids is 1. The highest BCUT2D eigenvalue weighted by molar-refractivity contribution is 5.97. The van der Waals surface area contributed by atoms with Crippen LogP contribution in [0.25, 0.3) is 0 Å². The molecule has 1 amide bonds. The third-order valence-electron chi connectivity index (χ3n) is 1.39. The maximum absolute atomic E-state index is 10.1. The summed E-state index contributed by atoms with van der Waals surface area (Å²) in [4.78, 5) is 17.5. The first-order valence-electron chi connectivity index (χ1n) is 3.01. The van der Waals surface area contributed by atoms with Gasteiger partial charge in [-0.15, -0.1) is 0 Å². The molecule has 0 radical (unpaired) electrons. The van der Waals surface area contributed by atoms with E-state index in [0.717, 1.165) is 0 Å². The molecule has 0 saturated carbocycles. The average Bonchev–Trinajstić information content (AvgIpc) is 1.96. The molecule has 0 aliphatic carbocycles. The number of carbonyl (C=O) groups is 1. The SMILES string of the molecule is NC1=NC=NCC1(N)NC=O.